The topological polar surface area (TPSA) is 282 Å². The highest BCUT2D eigenvalue weighted by atomic mass is 16.7. The number of phenols is 2. The Balaban J connectivity index is 1.01. The van der Waals surface area contributed by atoms with Crippen molar-refractivity contribution in [2.24, 2.45) is 17.8 Å². The molecule has 19 nitrogen and oxygen atoms in total. The summed E-state index contributed by atoms with van der Waals surface area (Å²) in [5.74, 6) is -5.97. The van der Waals surface area contributed by atoms with E-state index in [4.69, 9.17) is 23.7 Å². The monoisotopic (exact) mass is 852 g/mol. The number of likely N-dealkylation sites (tertiary alicyclic amines) is 1. The van der Waals surface area contributed by atoms with E-state index in [0.717, 1.165) is 0 Å². The van der Waals surface area contributed by atoms with Gasteiger partial charge in [0.15, 0.2) is 17.9 Å². The summed E-state index contributed by atoms with van der Waals surface area (Å²) in [5.41, 5.74) is -4.31. The Morgan fingerprint density at radius 2 is 1.67 bits per heavy atom. The van der Waals surface area contributed by atoms with Gasteiger partial charge in [-0.05, 0) is 44.6 Å². The molecule has 7 atom stereocenters. The third-order valence-corrected chi connectivity index (χ3v) is 12.5. The molecule has 0 radical (unpaired) electrons. The number of alkyl carbamates (subject to hydrolysis) is 1. The average Bonchev–Trinajstić information content (AvgIpc) is 3.47. The summed E-state index contributed by atoms with van der Waals surface area (Å²) in [6, 6.07) is 3.14. The van der Waals surface area contributed by atoms with Crippen LogP contribution < -0.4 is 10.1 Å². The van der Waals surface area contributed by atoms with Gasteiger partial charge in [-0.2, -0.15) is 0 Å². The summed E-state index contributed by atoms with van der Waals surface area (Å²) < 4.78 is 27.6. The number of carbonyl (C=O) groups is 7. The smallest absolute Gasteiger partial charge is 0.410 e. The van der Waals surface area contributed by atoms with Crippen molar-refractivity contribution in [1.82, 2.24) is 10.2 Å². The predicted molar refractivity (Wildman–Crippen MR) is 204 cm³/mol. The Bertz CT molecular complexity index is 2160. The van der Waals surface area contributed by atoms with E-state index in [1.807, 2.05) is 0 Å². The van der Waals surface area contributed by atoms with Crippen LogP contribution in [0, 0.1) is 17.8 Å². The Kier molecular flexibility index (Phi) is 12.2. The summed E-state index contributed by atoms with van der Waals surface area (Å²) in [7, 11) is 1.29. The van der Waals surface area contributed by atoms with E-state index in [1.165, 1.54) is 37.1 Å². The normalized spacial score (nSPS) is 29.6. The van der Waals surface area contributed by atoms with Crippen LogP contribution in [0.3, 0.4) is 0 Å². The average molecular weight is 853 g/mol. The number of methoxy groups -OCH3 is 1. The van der Waals surface area contributed by atoms with Crippen LogP contribution >= 0.6 is 0 Å². The van der Waals surface area contributed by atoms with E-state index >= 15 is 0 Å². The molecule has 5 aliphatic rings. The zero-order chi connectivity index (χ0) is 44.1. The van der Waals surface area contributed by atoms with Crippen molar-refractivity contribution in [3.05, 3.63) is 51.6 Å². The van der Waals surface area contributed by atoms with Crippen LogP contribution in [-0.4, -0.2) is 129 Å². The number of aliphatic hydroxyl groups excluding tert-OH is 2. The van der Waals surface area contributed by atoms with Gasteiger partial charge in [0.05, 0.1) is 48.0 Å². The molecule has 6 N–H and O–H groups in total. The van der Waals surface area contributed by atoms with Crippen LogP contribution in [0.1, 0.15) is 108 Å². The summed E-state index contributed by atoms with van der Waals surface area (Å²) in [5, 5.41) is 58.1. The van der Waals surface area contributed by atoms with E-state index in [1.54, 1.807) is 6.92 Å². The van der Waals surface area contributed by atoms with Crippen molar-refractivity contribution in [3.8, 4) is 17.2 Å². The zero-order valence-electron chi connectivity index (χ0n) is 33.7. The molecule has 19 heteroatoms. The Morgan fingerprint density at radius 3 is 2.33 bits per heavy atom. The van der Waals surface area contributed by atoms with Gasteiger partial charge in [-0.1, -0.05) is 19.1 Å². The molecule has 3 amide bonds. The Morgan fingerprint density at radius 1 is 0.967 bits per heavy atom. The lowest BCUT2D eigenvalue weighted by atomic mass is 9.72. The first-order valence-electron chi connectivity index (χ1n) is 20.1. The molecule has 1 saturated carbocycles. The molecule has 0 spiro atoms. The SMILES string of the molecule is COc1cccc2c1C(=O)c1c(O)c3c(c(O)c1C2=O)C[C@@](O)(C(=O)CO)C[C@@H]3O[C@H]1C[C@H](NC(=O)OCOC(=O)C2CCC(CN3C(=O)CC(C)C3=O)CC2)[C@H](O)[C@H](C)O1. The van der Waals surface area contributed by atoms with Crippen molar-refractivity contribution >= 4 is 41.2 Å². The molecule has 3 aliphatic carbocycles. The van der Waals surface area contributed by atoms with Crippen molar-refractivity contribution in [2.75, 3.05) is 27.1 Å². The van der Waals surface area contributed by atoms with Gasteiger partial charge in [-0.25, -0.2) is 4.79 Å². The molecule has 0 bridgehead atoms. The molecule has 328 valence electrons. The van der Waals surface area contributed by atoms with Crippen LogP contribution in [0.25, 0.3) is 0 Å². The van der Waals surface area contributed by atoms with Crippen LogP contribution in [0.2, 0.25) is 0 Å². The number of nitrogens with one attached hydrogen (secondary N) is 1. The second-order valence-electron chi connectivity index (χ2n) is 16.4. The molecule has 7 rings (SSSR count). The van der Waals surface area contributed by atoms with Gasteiger partial charge in [0.2, 0.25) is 24.4 Å². The molecule has 2 saturated heterocycles. The number of benzene rings is 2. The minimum absolute atomic E-state index is 0.0356. The minimum Gasteiger partial charge on any atom is -0.507 e. The second kappa shape index (κ2) is 17.1. The number of imide groups is 1. The second-order valence-corrected chi connectivity index (χ2v) is 16.4. The van der Waals surface area contributed by atoms with Crippen molar-refractivity contribution in [2.45, 2.75) is 101 Å². The number of amides is 3. The van der Waals surface area contributed by atoms with Crippen molar-refractivity contribution in [3.63, 3.8) is 0 Å². The van der Waals surface area contributed by atoms with Gasteiger partial charge in [-0.15, -0.1) is 0 Å². The van der Waals surface area contributed by atoms with Gasteiger partial charge in [0, 0.05) is 54.8 Å². The van der Waals surface area contributed by atoms with E-state index < -0.39 is 120 Å². The largest absolute Gasteiger partial charge is 0.507 e. The van der Waals surface area contributed by atoms with Crippen LogP contribution in [0.5, 0.6) is 17.2 Å². The van der Waals surface area contributed by atoms with Crippen LogP contribution in [-0.2, 0) is 44.5 Å². The zero-order valence-corrected chi connectivity index (χ0v) is 33.7. The molecule has 2 aliphatic heterocycles. The number of rotatable bonds is 11. The fourth-order valence-corrected chi connectivity index (χ4v) is 9.19. The number of hydrogen-bond acceptors (Lipinski definition) is 17. The Labute approximate surface area is 348 Å². The lowest BCUT2D eigenvalue weighted by molar-refractivity contribution is -0.249. The van der Waals surface area contributed by atoms with Gasteiger partial charge in [0.25, 0.3) is 0 Å². The molecule has 2 aromatic carbocycles. The number of hydrogen-bond donors (Lipinski definition) is 6. The number of fused-ring (bicyclic) bond motifs is 3. The molecule has 3 fully saturated rings. The quantitative estimate of drug-likeness (QED) is 0.0689. The van der Waals surface area contributed by atoms with Gasteiger partial charge in [0.1, 0.15) is 35.6 Å². The van der Waals surface area contributed by atoms with Gasteiger partial charge >= 0.3 is 12.1 Å². The fraction of sp³-hybridized carbons (Fsp3) is 0.548. The first-order chi connectivity index (χ1) is 29.0. The van der Waals surface area contributed by atoms with E-state index in [-0.39, 0.29) is 64.5 Å². The number of ketones is 3. The maximum Gasteiger partial charge on any atom is 0.410 e. The number of aliphatic hydroxyl groups is 3. The fourth-order valence-electron chi connectivity index (χ4n) is 9.19. The molecule has 0 aromatic heterocycles. The number of carbonyl (C=O) groups excluding carboxylic acids is 7. The van der Waals surface area contributed by atoms with Crippen LogP contribution in [0.15, 0.2) is 18.2 Å². The number of aromatic hydroxyl groups is 2. The number of esters is 1. The lowest BCUT2D eigenvalue weighted by Gasteiger charge is -2.42. The number of phenolic OH excluding ortho intramolecular Hbond substituents is 2. The standard InChI is InChI=1S/C42H48N2O17/c1-18-11-28(47)44(39(18)53)15-20-7-9-21(10-8-20)40(54)58-17-59-41(55)43-24-12-29(60-19(2)34(24)48)61-26-14-42(56,27(46)16-45)13-23-31(26)38(52)33-32(36(23)50)35(49)22-5-4-6-25(57-3)30(22)37(33)51/h4-6,18-21,24,26,29,34,45,48,50,52,56H,7-17H2,1-3H3,(H,43,55)/t18?,19-,20?,21?,24-,26-,29-,34+,42-/m0/s1. The number of Topliss-reactive ketones (excluding diaryl/α,β-unsaturated/α-hetero) is 1. The third kappa shape index (κ3) is 8.07. The van der Waals surface area contributed by atoms with Crippen molar-refractivity contribution < 1.29 is 82.8 Å². The maximum atomic E-state index is 13.9. The summed E-state index contributed by atoms with van der Waals surface area (Å²) in [6.45, 7) is 1.65. The summed E-state index contributed by atoms with van der Waals surface area (Å²) in [4.78, 5) is 92.1. The van der Waals surface area contributed by atoms with E-state index in [2.05, 4.69) is 5.32 Å². The van der Waals surface area contributed by atoms with Gasteiger partial charge < -0.3 is 54.5 Å². The number of nitrogens with zero attached hydrogens (tertiary/aromatic N) is 1. The van der Waals surface area contributed by atoms with E-state index in [0.29, 0.717) is 32.2 Å². The molecular formula is C42H48N2O17. The Hall–Kier alpha value is -5.47. The highest BCUT2D eigenvalue weighted by Crippen LogP contribution is 2.52. The molecule has 2 heterocycles. The number of ether oxygens (including phenoxy) is 5. The van der Waals surface area contributed by atoms with Crippen LogP contribution in [0.4, 0.5) is 4.79 Å². The highest BCUT2D eigenvalue weighted by Gasteiger charge is 2.50. The molecule has 61 heavy (non-hydrogen) atoms. The molecule has 2 aromatic rings. The molecular weight excluding hydrogens is 804 g/mol. The first kappa shape index (κ1) is 43.6. The predicted octanol–water partition coefficient (Wildman–Crippen LogP) is 1.47. The third-order valence-electron chi connectivity index (χ3n) is 12.5. The minimum atomic E-state index is -2.39. The van der Waals surface area contributed by atoms with Gasteiger partial charge in [-0.3, -0.25) is 33.7 Å². The maximum absolute atomic E-state index is 13.9. The first-order valence-corrected chi connectivity index (χ1v) is 20.1. The van der Waals surface area contributed by atoms with E-state index in [9.17, 15) is 59.1 Å². The summed E-state index contributed by atoms with van der Waals surface area (Å²) in [6.07, 6.45) is -5.54. The van der Waals surface area contributed by atoms with Crippen molar-refractivity contribution in [1.29, 1.82) is 0 Å². The highest BCUT2D eigenvalue weighted by molar-refractivity contribution is 6.31. The lowest BCUT2D eigenvalue weighted by Crippen LogP contribution is -2.56. The summed E-state index contributed by atoms with van der Waals surface area (Å²) >= 11 is 0. The molecule has 1 unspecified atom stereocenters.